The predicted molar refractivity (Wildman–Crippen MR) is 55.0 cm³/mol. The molecule has 4 nitrogen and oxygen atoms in total. The van der Waals surface area contributed by atoms with Crippen LogP contribution >= 0.6 is 0 Å². The van der Waals surface area contributed by atoms with E-state index in [1.807, 2.05) is 0 Å². The van der Waals surface area contributed by atoms with Gasteiger partial charge in [0, 0.05) is 6.61 Å². The van der Waals surface area contributed by atoms with Crippen LogP contribution in [0.3, 0.4) is 0 Å². The largest absolute Gasteiger partial charge is 0.479 e. The van der Waals surface area contributed by atoms with Gasteiger partial charge in [-0.05, 0) is 31.0 Å². The summed E-state index contributed by atoms with van der Waals surface area (Å²) >= 11 is 0. The Morgan fingerprint density at radius 1 is 1.40 bits per heavy atom. The number of hydrogen-bond acceptors (Lipinski definition) is 3. The number of aliphatic hydroxyl groups excluding tert-OH is 1. The second kappa shape index (κ2) is 5.36. The van der Waals surface area contributed by atoms with Gasteiger partial charge in [0.05, 0.1) is 0 Å². The molecule has 0 bridgehead atoms. The second-order valence-electron chi connectivity index (χ2n) is 3.22. The minimum Gasteiger partial charge on any atom is -0.479 e. The maximum Gasteiger partial charge on any atom is 0.344 e. The number of carbonyl (C=O) groups is 1. The van der Waals surface area contributed by atoms with Crippen molar-refractivity contribution in [3.8, 4) is 5.75 Å². The summed E-state index contributed by atoms with van der Waals surface area (Å²) in [5, 5.41) is 17.3. The fourth-order valence-corrected chi connectivity index (χ4v) is 1.12. The number of aliphatic hydroxyl groups is 1. The summed E-state index contributed by atoms with van der Waals surface area (Å²) in [5.74, 6) is -0.471. The van der Waals surface area contributed by atoms with Crippen LogP contribution in [-0.4, -0.2) is 28.9 Å². The summed E-state index contributed by atoms with van der Waals surface area (Å²) in [6.45, 7) is 1.58. The molecule has 0 saturated carbocycles. The van der Waals surface area contributed by atoms with Crippen LogP contribution in [0.2, 0.25) is 0 Å². The summed E-state index contributed by atoms with van der Waals surface area (Å²) in [4.78, 5) is 10.5. The van der Waals surface area contributed by atoms with Crippen molar-refractivity contribution in [2.75, 3.05) is 6.61 Å². The standard InChI is InChI=1S/C11H14O4/c1-8(11(13)14)15-10-4-2-9(3-5-10)6-7-12/h2-5,8,12H,6-7H2,1H3,(H,13,14)/t8-/m1/s1. The third-order valence-electron chi connectivity index (χ3n) is 1.98. The molecule has 0 unspecified atom stereocenters. The molecule has 1 rings (SSSR count). The van der Waals surface area contributed by atoms with E-state index in [1.54, 1.807) is 24.3 Å². The van der Waals surface area contributed by atoms with E-state index in [1.165, 1.54) is 6.92 Å². The molecule has 0 saturated heterocycles. The zero-order chi connectivity index (χ0) is 11.3. The molecule has 4 heteroatoms. The van der Waals surface area contributed by atoms with Crippen molar-refractivity contribution in [3.05, 3.63) is 29.8 Å². The zero-order valence-corrected chi connectivity index (χ0v) is 8.51. The van der Waals surface area contributed by atoms with Crippen LogP contribution in [0.4, 0.5) is 0 Å². The van der Waals surface area contributed by atoms with Gasteiger partial charge in [-0.15, -0.1) is 0 Å². The number of aliphatic carboxylic acids is 1. The molecule has 0 heterocycles. The Morgan fingerprint density at radius 3 is 2.47 bits per heavy atom. The van der Waals surface area contributed by atoms with Gasteiger partial charge in [0.15, 0.2) is 6.10 Å². The van der Waals surface area contributed by atoms with E-state index in [0.717, 1.165) is 5.56 Å². The molecule has 1 atom stereocenters. The molecule has 82 valence electrons. The minimum absolute atomic E-state index is 0.103. The van der Waals surface area contributed by atoms with Gasteiger partial charge in [0.2, 0.25) is 0 Å². The lowest BCUT2D eigenvalue weighted by Gasteiger charge is -2.10. The van der Waals surface area contributed by atoms with E-state index in [2.05, 4.69) is 0 Å². The lowest BCUT2D eigenvalue weighted by atomic mass is 10.1. The molecule has 0 aliphatic rings. The van der Waals surface area contributed by atoms with Gasteiger partial charge in [-0.1, -0.05) is 12.1 Å². The molecular weight excluding hydrogens is 196 g/mol. The van der Waals surface area contributed by atoms with Crippen LogP contribution < -0.4 is 4.74 Å². The van der Waals surface area contributed by atoms with Gasteiger partial charge >= 0.3 is 5.97 Å². The Hall–Kier alpha value is -1.55. The Bertz CT molecular complexity index is 318. The molecule has 0 aromatic heterocycles. The molecule has 0 aliphatic carbocycles. The monoisotopic (exact) mass is 210 g/mol. The number of carboxylic acids is 1. The molecule has 2 N–H and O–H groups in total. The van der Waals surface area contributed by atoms with E-state index in [0.29, 0.717) is 12.2 Å². The van der Waals surface area contributed by atoms with Crippen molar-refractivity contribution in [1.82, 2.24) is 0 Å². The average Bonchev–Trinajstić information content (AvgIpc) is 2.21. The SMILES string of the molecule is C[C@@H](Oc1ccc(CCO)cc1)C(=O)O. The maximum absolute atomic E-state index is 10.5. The van der Waals surface area contributed by atoms with E-state index < -0.39 is 12.1 Å². The normalized spacial score (nSPS) is 12.1. The lowest BCUT2D eigenvalue weighted by molar-refractivity contribution is -0.144. The number of hydrogen-bond donors (Lipinski definition) is 2. The van der Waals surface area contributed by atoms with Crippen LogP contribution in [-0.2, 0) is 11.2 Å². The first-order valence-corrected chi connectivity index (χ1v) is 4.72. The highest BCUT2D eigenvalue weighted by Gasteiger charge is 2.11. The first-order chi connectivity index (χ1) is 7.13. The van der Waals surface area contributed by atoms with Gasteiger partial charge in [0.25, 0.3) is 0 Å². The van der Waals surface area contributed by atoms with Gasteiger partial charge in [-0.3, -0.25) is 0 Å². The molecular formula is C11H14O4. The van der Waals surface area contributed by atoms with E-state index in [4.69, 9.17) is 14.9 Å². The van der Waals surface area contributed by atoms with Crippen molar-refractivity contribution in [1.29, 1.82) is 0 Å². The van der Waals surface area contributed by atoms with Crippen LogP contribution in [0.25, 0.3) is 0 Å². The van der Waals surface area contributed by atoms with Crippen molar-refractivity contribution in [2.45, 2.75) is 19.4 Å². The van der Waals surface area contributed by atoms with Gasteiger partial charge < -0.3 is 14.9 Å². The average molecular weight is 210 g/mol. The molecule has 1 aromatic rings. The van der Waals surface area contributed by atoms with Gasteiger partial charge in [-0.25, -0.2) is 4.79 Å². The number of ether oxygens (including phenoxy) is 1. The van der Waals surface area contributed by atoms with Crippen LogP contribution in [0, 0.1) is 0 Å². The molecule has 0 radical (unpaired) electrons. The summed E-state index contributed by atoms with van der Waals surface area (Å²) in [5.41, 5.74) is 0.993. The lowest BCUT2D eigenvalue weighted by Crippen LogP contribution is -2.22. The quantitative estimate of drug-likeness (QED) is 0.763. The Kier molecular flexibility index (Phi) is 4.12. The van der Waals surface area contributed by atoms with E-state index in [-0.39, 0.29) is 6.61 Å². The van der Waals surface area contributed by atoms with Crippen LogP contribution in [0.5, 0.6) is 5.75 Å². The molecule has 1 aromatic carbocycles. The minimum atomic E-state index is -0.991. The Labute approximate surface area is 88.1 Å². The smallest absolute Gasteiger partial charge is 0.344 e. The summed E-state index contributed by atoms with van der Waals surface area (Å²) < 4.78 is 5.15. The summed E-state index contributed by atoms with van der Waals surface area (Å²) in [6.07, 6.45) is -0.261. The molecule has 0 aliphatic heterocycles. The Balaban J connectivity index is 2.60. The zero-order valence-electron chi connectivity index (χ0n) is 8.51. The summed E-state index contributed by atoms with van der Waals surface area (Å²) in [7, 11) is 0. The van der Waals surface area contributed by atoms with Crippen LogP contribution in [0.15, 0.2) is 24.3 Å². The first kappa shape index (κ1) is 11.5. The summed E-state index contributed by atoms with van der Waals surface area (Å²) in [6, 6.07) is 7.01. The topological polar surface area (TPSA) is 66.8 Å². The third kappa shape index (κ3) is 3.59. The highest BCUT2D eigenvalue weighted by molar-refractivity contribution is 5.72. The molecule has 0 amide bonds. The van der Waals surface area contributed by atoms with E-state index >= 15 is 0 Å². The van der Waals surface area contributed by atoms with Crippen molar-refractivity contribution >= 4 is 5.97 Å². The van der Waals surface area contributed by atoms with Crippen LogP contribution in [0.1, 0.15) is 12.5 Å². The molecule has 0 spiro atoms. The van der Waals surface area contributed by atoms with Crippen molar-refractivity contribution in [3.63, 3.8) is 0 Å². The van der Waals surface area contributed by atoms with E-state index in [9.17, 15) is 4.79 Å². The van der Waals surface area contributed by atoms with Gasteiger partial charge in [0.1, 0.15) is 5.75 Å². The van der Waals surface area contributed by atoms with Crippen molar-refractivity contribution in [2.24, 2.45) is 0 Å². The highest BCUT2D eigenvalue weighted by atomic mass is 16.5. The number of rotatable bonds is 5. The predicted octanol–water partition coefficient (Wildman–Crippen LogP) is 1.07. The molecule has 0 fully saturated rings. The first-order valence-electron chi connectivity index (χ1n) is 4.72. The second-order valence-corrected chi connectivity index (χ2v) is 3.22. The number of benzene rings is 1. The Morgan fingerprint density at radius 2 is 2.00 bits per heavy atom. The van der Waals surface area contributed by atoms with Crippen molar-refractivity contribution < 1.29 is 19.7 Å². The number of carboxylic acid groups (broad SMARTS) is 1. The fraction of sp³-hybridized carbons (Fsp3) is 0.364. The fourth-order valence-electron chi connectivity index (χ4n) is 1.12. The maximum atomic E-state index is 10.5. The van der Waals surface area contributed by atoms with Gasteiger partial charge in [-0.2, -0.15) is 0 Å². The highest BCUT2D eigenvalue weighted by Crippen LogP contribution is 2.14. The molecule has 15 heavy (non-hydrogen) atoms. The third-order valence-corrected chi connectivity index (χ3v) is 1.98.